The Labute approximate surface area is 186 Å². The third-order valence-corrected chi connectivity index (χ3v) is 6.14. The highest BCUT2D eigenvalue weighted by Gasteiger charge is 2.29. The maximum absolute atomic E-state index is 12.9. The van der Waals surface area contributed by atoms with Crippen molar-refractivity contribution in [3.8, 4) is 11.4 Å². The molecular weight excluding hydrogens is 442 g/mol. The van der Waals surface area contributed by atoms with E-state index in [1.165, 1.54) is 44.6 Å². The van der Waals surface area contributed by atoms with Crippen molar-refractivity contribution < 1.29 is 9.59 Å². The van der Waals surface area contributed by atoms with Gasteiger partial charge >= 0.3 is 5.69 Å². The van der Waals surface area contributed by atoms with Crippen molar-refractivity contribution in [2.45, 2.75) is 17.2 Å². The van der Waals surface area contributed by atoms with Crippen LogP contribution in [0.15, 0.2) is 38.9 Å². The van der Waals surface area contributed by atoms with Gasteiger partial charge in [0.2, 0.25) is 5.91 Å². The first kappa shape index (κ1) is 22.7. The van der Waals surface area contributed by atoms with E-state index < -0.39 is 22.4 Å². The van der Waals surface area contributed by atoms with E-state index >= 15 is 0 Å². The molecule has 3 aromatic rings. The number of aryl methyl sites for hydroxylation is 1. The minimum atomic E-state index is -1.11. The Balaban J connectivity index is 2.37. The van der Waals surface area contributed by atoms with Gasteiger partial charge in [-0.2, -0.15) is 0 Å². The number of carbonyl (C=O) groups excluding carboxylic acids is 2. The molecule has 0 N–H and O–H groups in total. The lowest BCUT2D eigenvalue weighted by atomic mass is 10.2. The van der Waals surface area contributed by atoms with Crippen molar-refractivity contribution >= 4 is 46.1 Å². The van der Waals surface area contributed by atoms with Crippen LogP contribution in [0.3, 0.4) is 0 Å². The van der Waals surface area contributed by atoms with Gasteiger partial charge in [0.1, 0.15) is 15.7 Å². The second-order valence-electron chi connectivity index (χ2n) is 7.11. The molecule has 1 atom stereocenters. The number of hydrogen-bond acceptors (Lipinski definition) is 7. The predicted octanol–water partition coefficient (Wildman–Crippen LogP) is 1.49. The molecule has 1 aromatic carbocycles. The fraction of sp³-hybridized carbons (Fsp3) is 0.300. The standard InChI is InChI=1S/C20H20ClN5O4S/c1-10(27)14(19(29)24(2)3)31-17-13-16(25(4)20(30)26(5)18(13)28)22-15(23-17)11-7-6-8-12(21)9-11/h6-9,14H,1-5H3/t14-/m0/s1. The minimum Gasteiger partial charge on any atom is -0.347 e. The molecule has 11 heteroatoms. The van der Waals surface area contributed by atoms with Crippen LogP contribution in [0.2, 0.25) is 5.02 Å². The zero-order valence-electron chi connectivity index (χ0n) is 17.5. The number of amides is 1. The highest BCUT2D eigenvalue weighted by atomic mass is 35.5. The summed E-state index contributed by atoms with van der Waals surface area (Å²) in [5.74, 6) is -0.614. The monoisotopic (exact) mass is 461 g/mol. The summed E-state index contributed by atoms with van der Waals surface area (Å²) in [6.07, 6.45) is 0. The third kappa shape index (κ3) is 4.26. The van der Waals surface area contributed by atoms with Crippen molar-refractivity contribution in [2.75, 3.05) is 14.1 Å². The molecule has 0 aliphatic heterocycles. The first-order chi connectivity index (χ1) is 14.5. The lowest BCUT2D eigenvalue weighted by molar-refractivity contribution is -0.132. The van der Waals surface area contributed by atoms with E-state index in [1.54, 1.807) is 24.3 Å². The predicted molar refractivity (Wildman–Crippen MR) is 119 cm³/mol. The minimum absolute atomic E-state index is 0.0539. The molecule has 0 aliphatic rings. The van der Waals surface area contributed by atoms with Crippen molar-refractivity contribution in [3.05, 3.63) is 50.1 Å². The second kappa shape index (κ2) is 8.64. The Hall–Kier alpha value is -2.98. The van der Waals surface area contributed by atoms with Gasteiger partial charge in [0, 0.05) is 38.8 Å². The molecular formula is C20H20ClN5O4S. The van der Waals surface area contributed by atoms with E-state index in [-0.39, 0.29) is 27.7 Å². The fourth-order valence-corrected chi connectivity index (χ4v) is 4.25. The Morgan fingerprint density at radius 1 is 1.13 bits per heavy atom. The molecule has 1 amide bonds. The lowest BCUT2D eigenvalue weighted by Crippen LogP contribution is -2.38. The summed E-state index contributed by atoms with van der Waals surface area (Å²) in [5, 5.41) is -0.468. The lowest BCUT2D eigenvalue weighted by Gasteiger charge is -2.19. The van der Waals surface area contributed by atoms with Crippen molar-refractivity contribution in [1.82, 2.24) is 24.0 Å². The molecule has 0 unspecified atom stereocenters. The van der Waals surface area contributed by atoms with Gasteiger partial charge in [-0.15, -0.1) is 0 Å². The van der Waals surface area contributed by atoms with Gasteiger partial charge in [0.15, 0.2) is 17.3 Å². The van der Waals surface area contributed by atoms with Crippen molar-refractivity contribution in [2.24, 2.45) is 14.1 Å². The van der Waals surface area contributed by atoms with Crippen LogP contribution >= 0.6 is 23.4 Å². The summed E-state index contributed by atoms with van der Waals surface area (Å²) in [6.45, 7) is 1.30. The normalized spacial score (nSPS) is 12.1. The number of aromatic nitrogens is 4. The zero-order chi connectivity index (χ0) is 23.0. The van der Waals surface area contributed by atoms with Crippen LogP contribution in [-0.4, -0.2) is 55.0 Å². The average molecular weight is 462 g/mol. The average Bonchev–Trinajstić information content (AvgIpc) is 2.73. The SMILES string of the molecule is CC(=O)[C@H](Sc1nc(-c2cccc(Cl)c2)nc2c1c(=O)n(C)c(=O)n2C)C(=O)N(C)C. The molecule has 3 rings (SSSR count). The number of fused-ring (bicyclic) bond motifs is 1. The molecule has 0 spiro atoms. The van der Waals surface area contributed by atoms with Crippen LogP contribution in [0.5, 0.6) is 0 Å². The molecule has 162 valence electrons. The van der Waals surface area contributed by atoms with E-state index in [0.29, 0.717) is 10.6 Å². The number of ketones is 1. The number of Topliss-reactive ketones (excluding diaryl/α,β-unsaturated/α-hetero) is 1. The van der Waals surface area contributed by atoms with Crippen LogP contribution in [0.25, 0.3) is 22.4 Å². The van der Waals surface area contributed by atoms with Crippen LogP contribution in [0.4, 0.5) is 0 Å². The van der Waals surface area contributed by atoms with Crippen LogP contribution < -0.4 is 11.2 Å². The smallest absolute Gasteiger partial charge is 0.332 e. The van der Waals surface area contributed by atoms with Gasteiger partial charge in [-0.25, -0.2) is 14.8 Å². The van der Waals surface area contributed by atoms with Crippen LogP contribution in [0, 0.1) is 0 Å². The van der Waals surface area contributed by atoms with E-state index in [0.717, 1.165) is 16.3 Å². The number of halogens is 1. The Bertz CT molecular complexity index is 1330. The highest BCUT2D eigenvalue weighted by molar-refractivity contribution is 8.01. The summed E-state index contributed by atoms with van der Waals surface area (Å²) in [7, 11) is 5.91. The molecule has 0 aliphatic carbocycles. The van der Waals surface area contributed by atoms with E-state index in [4.69, 9.17) is 11.6 Å². The maximum Gasteiger partial charge on any atom is 0.332 e. The van der Waals surface area contributed by atoms with Gasteiger partial charge in [-0.3, -0.25) is 23.5 Å². The quantitative estimate of drug-likeness (QED) is 0.322. The first-order valence-corrected chi connectivity index (χ1v) is 10.4. The molecule has 0 saturated carbocycles. The zero-order valence-corrected chi connectivity index (χ0v) is 19.1. The summed E-state index contributed by atoms with van der Waals surface area (Å²) in [6, 6.07) is 6.78. The number of rotatable bonds is 5. The summed E-state index contributed by atoms with van der Waals surface area (Å²) < 4.78 is 2.17. The summed E-state index contributed by atoms with van der Waals surface area (Å²) in [5.41, 5.74) is -0.516. The number of benzene rings is 1. The third-order valence-electron chi connectivity index (χ3n) is 4.61. The largest absolute Gasteiger partial charge is 0.347 e. The van der Waals surface area contributed by atoms with Crippen molar-refractivity contribution in [3.63, 3.8) is 0 Å². The van der Waals surface area contributed by atoms with E-state index in [9.17, 15) is 19.2 Å². The molecule has 9 nitrogen and oxygen atoms in total. The number of carbonyl (C=O) groups is 2. The van der Waals surface area contributed by atoms with Gasteiger partial charge in [0.05, 0.1) is 0 Å². The molecule has 0 bridgehead atoms. The summed E-state index contributed by atoms with van der Waals surface area (Å²) >= 11 is 6.95. The first-order valence-electron chi connectivity index (χ1n) is 9.15. The Kier molecular flexibility index (Phi) is 6.33. The number of nitrogens with zero attached hydrogens (tertiary/aromatic N) is 5. The van der Waals surface area contributed by atoms with Gasteiger partial charge < -0.3 is 4.90 Å². The molecule has 0 fully saturated rings. The summed E-state index contributed by atoms with van der Waals surface area (Å²) in [4.78, 5) is 60.4. The topological polar surface area (TPSA) is 107 Å². The number of thioether (sulfide) groups is 1. The van der Waals surface area contributed by atoms with Crippen LogP contribution in [-0.2, 0) is 23.7 Å². The van der Waals surface area contributed by atoms with Crippen molar-refractivity contribution in [1.29, 1.82) is 0 Å². The Morgan fingerprint density at radius 3 is 2.39 bits per heavy atom. The number of hydrogen-bond donors (Lipinski definition) is 0. The second-order valence-corrected chi connectivity index (χ2v) is 8.64. The molecule has 31 heavy (non-hydrogen) atoms. The molecule has 0 radical (unpaired) electrons. The van der Waals surface area contributed by atoms with E-state index in [2.05, 4.69) is 9.97 Å². The van der Waals surface area contributed by atoms with Gasteiger partial charge in [0.25, 0.3) is 5.56 Å². The Morgan fingerprint density at radius 2 is 1.81 bits per heavy atom. The molecule has 2 aromatic heterocycles. The van der Waals surface area contributed by atoms with Crippen LogP contribution in [0.1, 0.15) is 6.92 Å². The van der Waals surface area contributed by atoms with Gasteiger partial charge in [-0.1, -0.05) is 35.5 Å². The maximum atomic E-state index is 12.9. The highest BCUT2D eigenvalue weighted by Crippen LogP contribution is 2.30. The van der Waals surface area contributed by atoms with Gasteiger partial charge in [-0.05, 0) is 19.1 Å². The molecule has 0 saturated heterocycles. The molecule has 2 heterocycles. The fourth-order valence-electron chi connectivity index (χ4n) is 2.92. The van der Waals surface area contributed by atoms with E-state index in [1.807, 2.05) is 0 Å².